The fourth-order valence-electron chi connectivity index (χ4n) is 4.86. The topological polar surface area (TPSA) is 215 Å². The van der Waals surface area contributed by atoms with Gasteiger partial charge >= 0.3 is 5.97 Å². The van der Waals surface area contributed by atoms with Crippen molar-refractivity contribution in [1.82, 2.24) is 14.8 Å². The van der Waals surface area contributed by atoms with Gasteiger partial charge in [-0.15, -0.1) is 21.5 Å². The molecule has 3 heterocycles. The van der Waals surface area contributed by atoms with Gasteiger partial charge in [0.25, 0.3) is 20.2 Å². The Morgan fingerprint density at radius 1 is 0.885 bits per heavy atom. The van der Waals surface area contributed by atoms with Crippen molar-refractivity contribution in [2.24, 2.45) is 10.7 Å². The molecule has 1 atom stereocenters. The molecule has 17 heteroatoms. The van der Waals surface area contributed by atoms with Gasteiger partial charge in [-0.25, -0.2) is 0 Å². The van der Waals surface area contributed by atoms with Crippen molar-refractivity contribution in [3.63, 3.8) is 0 Å². The number of fused-ring (bicyclic) bond motifs is 3. The SMILES string of the molecule is CC(C)c1cc2c(s1)-n1c(nnc1[C@H](N)CCC(=O)O)CN=C2c1ccccc1Cl.Cc1ccc(S(=O)(=O)O)cc1.Cc1ccc(S(=O)(=O)O)cc1. The van der Waals surface area contributed by atoms with Crippen LogP contribution >= 0.6 is 22.9 Å². The Labute approximate surface area is 311 Å². The zero-order valence-electron chi connectivity index (χ0n) is 28.6. The van der Waals surface area contributed by atoms with Crippen LogP contribution in [0.1, 0.15) is 77.4 Å². The lowest BCUT2D eigenvalue weighted by Crippen LogP contribution is -2.18. The lowest BCUT2D eigenvalue weighted by molar-refractivity contribution is -0.137. The van der Waals surface area contributed by atoms with Crippen LogP contribution in [0.3, 0.4) is 0 Å². The molecule has 3 aromatic carbocycles. The minimum Gasteiger partial charge on any atom is -0.481 e. The molecule has 0 saturated carbocycles. The maximum atomic E-state index is 11.0. The van der Waals surface area contributed by atoms with E-state index in [1.807, 2.05) is 42.7 Å². The summed E-state index contributed by atoms with van der Waals surface area (Å²) in [4.78, 5) is 16.9. The molecule has 0 saturated heterocycles. The molecule has 13 nitrogen and oxygen atoms in total. The number of aryl methyl sites for hydroxylation is 2. The second kappa shape index (κ2) is 17.0. The highest BCUT2D eigenvalue weighted by Gasteiger charge is 2.29. The zero-order valence-corrected chi connectivity index (χ0v) is 31.8. The molecule has 1 aliphatic heterocycles. The highest BCUT2D eigenvalue weighted by molar-refractivity contribution is 7.86. The number of nitrogens with zero attached hydrogens (tertiary/aromatic N) is 4. The predicted molar refractivity (Wildman–Crippen MR) is 200 cm³/mol. The van der Waals surface area contributed by atoms with E-state index in [4.69, 9.17) is 36.5 Å². The first-order valence-electron chi connectivity index (χ1n) is 15.8. The van der Waals surface area contributed by atoms with Gasteiger partial charge in [-0.2, -0.15) is 16.8 Å². The fraction of sp³-hybridized carbons (Fsp3) is 0.257. The molecule has 5 N–H and O–H groups in total. The number of carbonyl (C=O) groups is 1. The summed E-state index contributed by atoms with van der Waals surface area (Å²) in [5.74, 6) is 0.680. The van der Waals surface area contributed by atoms with Crippen molar-refractivity contribution in [3.05, 3.63) is 123 Å². The molecule has 0 radical (unpaired) electrons. The lowest BCUT2D eigenvalue weighted by atomic mass is 10.0. The molecule has 1 aliphatic rings. The Kier molecular flexibility index (Phi) is 13.3. The second-order valence-electron chi connectivity index (χ2n) is 12.1. The minimum atomic E-state index is -4.02. The quantitative estimate of drug-likeness (QED) is 0.120. The van der Waals surface area contributed by atoms with E-state index in [1.54, 1.807) is 35.6 Å². The highest BCUT2D eigenvalue weighted by Crippen LogP contribution is 2.38. The smallest absolute Gasteiger partial charge is 0.303 e. The first-order valence-corrected chi connectivity index (χ1v) is 19.9. The van der Waals surface area contributed by atoms with Crippen molar-refractivity contribution in [2.75, 3.05) is 0 Å². The minimum absolute atomic E-state index is 0.0285. The Bertz CT molecular complexity index is 2210. The molecule has 276 valence electrons. The van der Waals surface area contributed by atoms with Gasteiger partial charge in [0.15, 0.2) is 11.6 Å². The number of carboxylic acids is 1. The third kappa shape index (κ3) is 10.4. The largest absolute Gasteiger partial charge is 0.481 e. The fourth-order valence-corrected chi connectivity index (χ4v) is 7.24. The van der Waals surface area contributed by atoms with E-state index in [-0.39, 0.29) is 22.6 Å². The van der Waals surface area contributed by atoms with Crippen LogP contribution < -0.4 is 5.73 Å². The van der Waals surface area contributed by atoms with Crippen molar-refractivity contribution >= 4 is 54.9 Å². The lowest BCUT2D eigenvalue weighted by Gasteiger charge is -2.13. The number of carboxylic acid groups (broad SMARTS) is 1. The summed E-state index contributed by atoms with van der Waals surface area (Å²) in [6, 6.07) is 21.2. The summed E-state index contributed by atoms with van der Waals surface area (Å²) in [5, 5.41) is 19.2. The molecule has 0 amide bonds. The molecule has 0 spiro atoms. The Balaban J connectivity index is 0.000000224. The number of halogens is 1. The molecule has 0 aliphatic carbocycles. The molecule has 0 bridgehead atoms. The second-order valence-corrected chi connectivity index (χ2v) is 16.4. The summed E-state index contributed by atoms with van der Waals surface area (Å²) in [7, 11) is -8.04. The molecule has 6 rings (SSSR count). The van der Waals surface area contributed by atoms with Gasteiger partial charge in [-0.3, -0.25) is 23.5 Å². The van der Waals surface area contributed by atoms with Crippen LogP contribution in [0.4, 0.5) is 0 Å². The number of rotatable bonds is 8. The van der Waals surface area contributed by atoms with Gasteiger partial charge < -0.3 is 10.8 Å². The molecular weight excluding hydrogens is 750 g/mol. The summed E-state index contributed by atoms with van der Waals surface area (Å²) < 4.78 is 61.1. The number of nitrogens with two attached hydrogens (primary N) is 1. The van der Waals surface area contributed by atoms with Crippen molar-refractivity contribution in [3.8, 4) is 5.00 Å². The summed E-state index contributed by atoms with van der Waals surface area (Å²) in [6.07, 6.45) is 0.253. The monoisotopic (exact) mass is 787 g/mol. The normalized spacial score (nSPS) is 13.0. The van der Waals surface area contributed by atoms with Crippen LogP contribution in [0.25, 0.3) is 5.00 Å². The van der Waals surface area contributed by atoms with Crippen LogP contribution in [-0.2, 0) is 31.6 Å². The average molecular weight is 788 g/mol. The van der Waals surface area contributed by atoms with E-state index in [2.05, 4.69) is 30.1 Å². The van der Waals surface area contributed by atoms with Crippen LogP contribution in [0.5, 0.6) is 0 Å². The summed E-state index contributed by atoms with van der Waals surface area (Å²) in [5.41, 5.74) is 10.9. The maximum Gasteiger partial charge on any atom is 0.303 e. The number of benzene rings is 3. The van der Waals surface area contributed by atoms with E-state index in [0.29, 0.717) is 29.1 Å². The number of thiophene rings is 1. The third-order valence-corrected chi connectivity index (χ3v) is 11.1. The Morgan fingerprint density at radius 2 is 1.42 bits per heavy atom. The van der Waals surface area contributed by atoms with E-state index in [0.717, 1.165) is 33.0 Å². The summed E-state index contributed by atoms with van der Waals surface area (Å²) in [6.45, 7) is 8.30. The first-order chi connectivity index (χ1) is 24.4. The highest BCUT2D eigenvalue weighted by atomic mass is 35.5. The van der Waals surface area contributed by atoms with Crippen LogP contribution in [0, 0.1) is 13.8 Å². The van der Waals surface area contributed by atoms with Crippen molar-refractivity contribution < 1.29 is 35.8 Å². The molecular formula is C35H38ClN5O8S3. The Morgan fingerprint density at radius 3 is 1.90 bits per heavy atom. The van der Waals surface area contributed by atoms with Gasteiger partial charge in [-0.05, 0) is 62.6 Å². The van der Waals surface area contributed by atoms with Crippen LogP contribution in [-0.4, -0.2) is 57.5 Å². The molecule has 2 aromatic heterocycles. The predicted octanol–water partition coefficient (Wildman–Crippen LogP) is 6.80. The van der Waals surface area contributed by atoms with E-state index < -0.39 is 32.2 Å². The number of aliphatic imine (C=N–C) groups is 1. The number of aliphatic carboxylic acids is 1. The van der Waals surface area contributed by atoms with Gasteiger partial charge in [0.2, 0.25) is 0 Å². The first kappa shape index (κ1) is 40.5. The number of aromatic nitrogens is 3. The number of hydrogen-bond acceptors (Lipinski definition) is 10. The summed E-state index contributed by atoms with van der Waals surface area (Å²) >= 11 is 8.15. The van der Waals surface area contributed by atoms with Gasteiger partial charge in [-0.1, -0.05) is 79.0 Å². The van der Waals surface area contributed by atoms with Gasteiger partial charge in [0, 0.05) is 27.4 Å². The van der Waals surface area contributed by atoms with Crippen molar-refractivity contribution in [2.45, 2.75) is 68.8 Å². The molecule has 0 unspecified atom stereocenters. The van der Waals surface area contributed by atoms with E-state index in [1.165, 1.54) is 29.1 Å². The average Bonchev–Trinajstić information content (AvgIpc) is 3.66. The zero-order chi connectivity index (χ0) is 38.4. The van der Waals surface area contributed by atoms with Crippen molar-refractivity contribution in [1.29, 1.82) is 0 Å². The van der Waals surface area contributed by atoms with Crippen LogP contribution in [0.15, 0.2) is 93.6 Å². The Hall–Kier alpha value is -4.29. The standard InChI is InChI=1S/C21H22ClN5O2S.2C7H8O3S/c1-11(2)16-9-13-19(12-5-3-4-6-14(12)22)24-10-17-25-26-20(27(17)21(13)30-16)15(23)7-8-18(28)29;2*1-6-2-4-7(5-3-6)11(8,9)10/h3-6,9,11,15H,7-8,10,23H2,1-2H3,(H,28,29);2*2-5H,1H3,(H,8,9,10)/t15-;;/m1../s1. The molecule has 0 fully saturated rings. The van der Waals surface area contributed by atoms with Gasteiger partial charge in [0.05, 0.1) is 21.5 Å². The van der Waals surface area contributed by atoms with Gasteiger partial charge in [0.1, 0.15) is 11.5 Å². The molecule has 5 aromatic rings. The maximum absolute atomic E-state index is 11.0. The number of hydrogen-bond donors (Lipinski definition) is 4. The van der Waals surface area contributed by atoms with Crippen LogP contribution in [0.2, 0.25) is 5.02 Å². The third-order valence-electron chi connectivity index (χ3n) is 7.66. The van der Waals surface area contributed by atoms with E-state index >= 15 is 0 Å². The molecule has 52 heavy (non-hydrogen) atoms. The van der Waals surface area contributed by atoms with E-state index in [9.17, 15) is 21.6 Å².